The Hall–Kier alpha value is -2.86. The normalized spacial score (nSPS) is 14.4. The van der Waals surface area contributed by atoms with Gasteiger partial charge < -0.3 is 15.6 Å². The Labute approximate surface area is 189 Å². The van der Waals surface area contributed by atoms with Crippen LogP contribution in [0.4, 0.5) is 0 Å². The summed E-state index contributed by atoms with van der Waals surface area (Å²) >= 11 is 12.1. The summed E-state index contributed by atoms with van der Waals surface area (Å²) in [4.78, 5) is 24.7. The van der Waals surface area contributed by atoms with Crippen LogP contribution in [0.25, 0.3) is 11.1 Å². The number of fused-ring (bicyclic) bond motifs is 3. The molecule has 0 aliphatic heterocycles. The topological polar surface area (TPSA) is 89.6 Å². The summed E-state index contributed by atoms with van der Waals surface area (Å²) in [5.74, 6) is -4.07. The number of aliphatic carboxylic acids is 1. The van der Waals surface area contributed by atoms with Crippen LogP contribution in [0.1, 0.15) is 28.7 Å². The van der Waals surface area contributed by atoms with Gasteiger partial charge in [0.05, 0.1) is 6.04 Å². The lowest BCUT2D eigenvalue weighted by atomic mass is 9.93. The van der Waals surface area contributed by atoms with Gasteiger partial charge in [-0.15, -0.1) is 0 Å². The molecule has 0 fully saturated rings. The molecule has 0 heterocycles. The lowest BCUT2D eigenvalue weighted by Gasteiger charge is -2.22. The highest BCUT2D eigenvalue weighted by atomic mass is 35.5. The fourth-order valence-electron chi connectivity index (χ4n) is 4.05. The number of benzene rings is 3. The van der Waals surface area contributed by atoms with Gasteiger partial charge in [-0.3, -0.25) is 9.59 Å². The minimum atomic E-state index is -1.61. The fraction of sp³-hybridized carbons (Fsp3) is 0.167. The maximum absolute atomic E-state index is 12.8. The van der Waals surface area contributed by atoms with Gasteiger partial charge in [-0.1, -0.05) is 77.8 Å². The van der Waals surface area contributed by atoms with E-state index >= 15 is 0 Å². The number of esters is 1. The Morgan fingerprint density at radius 3 is 2.10 bits per heavy atom. The van der Waals surface area contributed by atoms with Gasteiger partial charge in [-0.25, -0.2) is 0 Å². The molecule has 0 aromatic heterocycles. The number of hydrogen-bond donors (Lipinski definition) is 2. The van der Waals surface area contributed by atoms with Crippen molar-refractivity contribution in [1.82, 2.24) is 0 Å². The molecular formula is C24H19Cl2NO4. The molecule has 31 heavy (non-hydrogen) atoms. The van der Waals surface area contributed by atoms with E-state index in [4.69, 9.17) is 33.7 Å². The Kier molecular flexibility index (Phi) is 6.01. The largest absolute Gasteiger partial charge is 0.481 e. The van der Waals surface area contributed by atoms with E-state index in [1.165, 1.54) is 12.1 Å². The summed E-state index contributed by atoms with van der Waals surface area (Å²) in [7, 11) is 0. The Bertz CT molecular complexity index is 1120. The van der Waals surface area contributed by atoms with E-state index in [1.807, 2.05) is 48.5 Å². The standard InChI is InChI=1S/C24H19Cl2NO4/c25-13-9-10-18(20(26)11-13)22(27)21(23(28)29)24(30)31-12-19-16-7-3-1-5-14(16)15-6-2-4-8-17(15)19/h1-11,19,21-22H,12,27H2,(H,28,29)/t21-,22?/m0/s1. The van der Waals surface area contributed by atoms with Crippen LogP contribution in [-0.4, -0.2) is 23.7 Å². The second kappa shape index (κ2) is 8.71. The van der Waals surface area contributed by atoms with Crippen LogP contribution < -0.4 is 5.73 Å². The van der Waals surface area contributed by atoms with Crippen molar-refractivity contribution in [1.29, 1.82) is 0 Å². The van der Waals surface area contributed by atoms with Crippen molar-refractivity contribution in [2.45, 2.75) is 12.0 Å². The first kappa shape index (κ1) is 21.4. The van der Waals surface area contributed by atoms with Crippen LogP contribution in [0.3, 0.4) is 0 Å². The van der Waals surface area contributed by atoms with Gasteiger partial charge in [-0.2, -0.15) is 0 Å². The van der Waals surface area contributed by atoms with Gasteiger partial charge >= 0.3 is 11.9 Å². The zero-order valence-electron chi connectivity index (χ0n) is 16.3. The summed E-state index contributed by atoms with van der Waals surface area (Å²) in [6, 6.07) is 19.1. The van der Waals surface area contributed by atoms with E-state index in [1.54, 1.807) is 6.07 Å². The van der Waals surface area contributed by atoms with E-state index in [0.29, 0.717) is 10.6 Å². The van der Waals surface area contributed by atoms with E-state index in [0.717, 1.165) is 22.3 Å². The predicted octanol–water partition coefficient (Wildman–Crippen LogP) is 5.05. The molecule has 1 unspecified atom stereocenters. The number of hydrogen-bond acceptors (Lipinski definition) is 4. The highest BCUT2D eigenvalue weighted by Gasteiger charge is 2.37. The first-order valence-electron chi connectivity index (χ1n) is 9.66. The van der Waals surface area contributed by atoms with Gasteiger partial charge in [-0.05, 0) is 39.9 Å². The molecule has 1 aliphatic rings. The molecule has 0 radical (unpaired) electrons. The second-order valence-corrected chi connectivity index (χ2v) is 8.21. The summed E-state index contributed by atoms with van der Waals surface area (Å²) in [5, 5.41) is 10.3. The van der Waals surface area contributed by atoms with Crippen molar-refractivity contribution < 1.29 is 19.4 Å². The van der Waals surface area contributed by atoms with Crippen molar-refractivity contribution in [2.24, 2.45) is 11.7 Å². The zero-order chi connectivity index (χ0) is 22.1. The number of carbonyl (C=O) groups excluding carboxylic acids is 1. The van der Waals surface area contributed by atoms with Gasteiger partial charge in [0.15, 0.2) is 5.92 Å². The minimum Gasteiger partial charge on any atom is -0.481 e. The average molecular weight is 456 g/mol. The third kappa shape index (κ3) is 4.04. The molecule has 7 heteroatoms. The molecule has 3 N–H and O–H groups in total. The number of halogens is 2. The first-order chi connectivity index (χ1) is 14.9. The maximum Gasteiger partial charge on any atom is 0.322 e. The third-order valence-corrected chi connectivity index (χ3v) is 6.12. The number of carboxylic acid groups (broad SMARTS) is 1. The van der Waals surface area contributed by atoms with Gasteiger partial charge in [0, 0.05) is 16.0 Å². The summed E-state index contributed by atoms with van der Waals surface area (Å²) < 4.78 is 5.50. The van der Waals surface area contributed by atoms with Crippen molar-refractivity contribution in [3.05, 3.63) is 93.5 Å². The van der Waals surface area contributed by atoms with Crippen molar-refractivity contribution >= 4 is 35.1 Å². The van der Waals surface area contributed by atoms with Crippen molar-refractivity contribution in [2.75, 3.05) is 6.61 Å². The number of ether oxygens (including phenoxy) is 1. The van der Waals surface area contributed by atoms with Crippen LogP contribution in [0.2, 0.25) is 10.0 Å². The SMILES string of the molecule is NC(c1ccc(Cl)cc1Cl)[C@@H](C(=O)O)C(=O)OCC1c2ccccc2-c2ccccc21. The lowest BCUT2D eigenvalue weighted by molar-refractivity contribution is -0.160. The quantitative estimate of drug-likeness (QED) is 0.400. The third-order valence-electron chi connectivity index (χ3n) is 5.56. The second-order valence-electron chi connectivity index (χ2n) is 7.36. The van der Waals surface area contributed by atoms with Gasteiger partial charge in [0.2, 0.25) is 0 Å². The van der Waals surface area contributed by atoms with E-state index in [-0.39, 0.29) is 17.5 Å². The molecule has 0 spiro atoms. The molecule has 5 nitrogen and oxygen atoms in total. The summed E-state index contributed by atoms with van der Waals surface area (Å²) in [6.07, 6.45) is 0. The zero-order valence-corrected chi connectivity index (χ0v) is 17.8. The molecule has 0 bridgehead atoms. The van der Waals surface area contributed by atoms with Crippen LogP contribution in [0.5, 0.6) is 0 Å². The fourth-order valence-corrected chi connectivity index (χ4v) is 4.58. The predicted molar refractivity (Wildman–Crippen MR) is 119 cm³/mol. The molecule has 0 saturated heterocycles. The molecular weight excluding hydrogens is 437 g/mol. The Morgan fingerprint density at radius 2 is 1.55 bits per heavy atom. The highest BCUT2D eigenvalue weighted by molar-refractivity contribution is 6.35. The summed E-state index contributed by atoms with van der Waals surface area (Å²) in [6.45, 7) is 0.0116. The van der Waals surface area contributed by atoms with Crippen molar-refractivity contribution in [3.63, 3.8) is 0 Å². The maximum atomic E-state index is 12.8. The van der Waals surface area contributed by atoms with Gasteiger partial charge in [0.1, 0.15) is 6.61 Å². The summed E-state index contributed by atoms with van der Waals surface area (Å²) in [5.41, 5.74) is 10.7. The molecule has 0 amide bonds. The van der Waals surface area contributed by atoms with Crippen LogP contribution in [0, 0.1) is 5.92 Å². The Balaban J connectivity index is 1.56. The first-order valence-corrected chi connectivity index (χ1v) is 10.4. The molecule has 3 aromatic carbocycles. The minimum absolute atomic E-state index is 0.0116. The molecule has 4 rings (SSSR count). The van der Waals surface area contributed by atoms with E-state index < -0.39 is 23.9 Å². The highest BCUT2D eigenvalue weighted by Crippen LogP contribution is 2.44. The number of carbonyl (C=O) groups is 2. The van der Waals surface area contributed by atoms with Crippen LogP contribution >= 0.6 is 23.2 Å². The van der Waals surface area contributed by atoms with Gasteiger partial charge in [0.25, 0.3) is 0 Å². The molecule has 0 saturated carbocycles. The number of carboxylic acids is 1. The molecule has 1 aliphatic carbocycles. The van der Waals surface area contributed by atoms with E-state index in [9.17, 15) is 14.7 Å². The van der Waals surface area contributed by atoms with Crippen molar-refractivity contribution in [3.8, 4) is 11.1 Å². The lowest BCUT2D eigenvalue weighted by Crippen LogP contribution is -2.36. The van der Waals surface area contributed by atoms with Crippen LogP contribution in [-0.2, 0) is 14.3 Å². The van der Waals surface area contributed by atoms with E-state index in [2.05, 4.69) is 0 Å². The smallest absolute Gasteiger partial charge is 0.322 e. The monoisotopic (exact) mass is 455 g/mol. The number of rotatable bonds is 6. The number of nitrogens with two attached hydrogens (primary N) is 1. The average Bonchev–Trinajstić information content (AvgIpc) is 3.06. The van der Waals surface area contributed by atoms with Crippen LogP contribution in [0.15, 0.2) is 66.7 Å². The molecule has 158 valence electrons. The Morgan fingerprint density at radius 1 is 0.968 bits per heavy atom. The molecule has 3 aromatic rings. The molecule has 2 atom stereocenters.